The standard InChI is InChI=1S/C19H25N3O2S2/c1-4-16(17(23)20-18-21-22-19(26-18)25-12(2)3)24-15-10-9-13-7-5-6-8-14(13)11-15/h9-12,16H,4-8H2,1-3H3,(H,20,21,23)/t16-/m0/s1. The molecule has 0 fully saturated rings. The third kappa shape index (κ3) is 4.98. The zero-order chi connectivity index (χ0) is 18.5. The maximum Gasteiger partial charge on any atom is 0.267 e. The molecule has 7 heteroatoms. The van der Waals surface area contributed by atoms with Crippen LogP contribution in [0.3, 0.4) is 0 Å². The Bertz CT molecular complexity index is 761. The van der Waals surface area contributed by atoms with E-state index in [9.17, 15) is 4.79 Å². The first-order chi connectivity index (χ1) is 12.5. The highest BCUT2D eigenvalue weighted by Crippen LogP contribution is 2.29. The molecule has 0 spiro atoms. The van der Waals surface area contributed by atoms with Gasteiger partial charge >= 0.3 is 0 Å². The van der Waals surface area contributed by atoms with Crippen LogP contribution in [-0.2, 0) is 17.6 Å². The topological polar surface area (TPSA) is 64.1 Å². The van der Waals surface area contributed by atoms with E-state index in [0.29, 0.717) is 16.8 Å². The molecule has 0 unspecified atom stereocenters. The van der Waals surface area contributed by atoms with Crippen molar-refractivity contribution in [1.29, 1.82) is 0 Å². The number of rotatable bonds is 7. The molecule has 0 radical (unpaired) electrons. The number of thioether (sulfide) groups is 1. The minimum Gasteiger partial charge on any atom is -0.481 e. The number of anilines is 1. The lowest BCUT2D eigenvalue weighted by molar-refractivity contribution is -0.122. The van der Waals surface area contributed by atoms with Crippen LogP contribution in [0, 0.1) is 0 Å². The van der Waals surface area contributed by atoms with Gasteiger partial charge in [0.05, 0.1) is 0 Å². The normalized spacial score (nSPS) is 14.8. The minimum atomic E-state index is -0.540. The Labute approximate surface area is 162 Å². The van der Waals surface area contributed by atoms with Crippen LogP contribution in [0.2, 0.25) is 0 Å². The number of carbonyl (C=O) groups is 1. The summed E-state index contributed by atoms with van der Waals surface area (Å²) in [7, 11) is 0. The molecule has 3 rings (SSSR count). The van der Waals surface area contributed by atoms with Crippen LogP contribution in [0.25, 0.3) is 0 Å². The highest BCUT2D eigenvalue weighted by molar-refractivity contribution is 8.01. The van der Waals surface area contributed by atoms with Gasteiger partial charge in [-0.25, -0.2) is 0 Å². The molecular weight excluding hydrogens is 366 g/mol. The van der Waals surface area contributed by atoms with Crippen molar-refractivity contribution in [3.8, 4) is 5.75 Å². The molecule has 140 valence electrons. The third-order valence-corrected chi connectivity index (χ3v) is 6.16. The average Bonchev–Trinajstić information content (AvgIpc) is 3.05. The first-order valence-electron chi connectivity index (χ1n) is 9.14. The Morgan fingerprint density at radius 1 is 1.27 bits per heavy atom. The molecule has 0 saturated heterocycles. The molecule has 1 N–H and O–H groups in total. The van der Waals surface area contributed by atoms with Crippen LogP contribution in [-0.4, -0.2) is 27.5 Å². The molecule has 26 heavy (non-hydrogen) atoms. The number of carbonyl (C=O) groups excluding carboxylic acids is 1. The molecule has 1 aliphatic carbocycles. The number of aromatic nitrogens is 2. The van der Waals surface area contributed by atoms with Gasteiger partial charge in [0.25, 0.3) is 5.91 Å². The van der Waals surface area contributed by atoms with E-state index in [-0.39, 0.29) is 5.91 Å². The van der Waals surface area contributed by atoms with Gasteiger partial charge in [-0.05, 0) is 55.4 Å². The minimum absolute atomic E-state index is 0.178. The van der Waals surface area contributed by atoms with E-state index in [0.717, 1.165) is 22.9 Å². The number of aryl methyl sites for hydroxylation is 2. The Morgan fingerprint density at radius 3 is 2.77 bits per heavy atom. The zero-order valence-electron chi connectivity index (χ0n) is 15.4. The van der Waals surface area contributed by atoms with E-state index in [4.69, 9.17) is 4.74 Å². The molecule has 1 heterocycles. The summed E-state index contributed by atoms with van der Waals surface area (Å²) in [6.45, 7) is 6.15. The monoisotopic (exact) mass is 391 g/mol. The van der Waals surface area contributed by atoms with Crippen molar-refractivity contribution < 1.29 is 9.53 Å². The molecule has 0 bridgehead atoms. The van der Waals surface area contributed by atoms with Crippen LogP contribution >= 0.6 is 23.1 Å². The van der Waals surface area contributed by atoms with Crippen LogP contribution in [0.5, 0.6) is 5.75 Å². The number of ether oxygens (including phenoxy) is 1. The molecule has 1 atom stereocenters. The summed E-state index contributed by atoms with van der Waals surface area (Å²) in [6, 6.07) is 6.20. The summed E-state index contributed by atoms with van der Waals surface area (Å²) < 4.78 is 6.83. The molecule has 1 aromatic heterocycles. The highest BCUT2D eigenvalue weighted by Gasteiger charge is 2.21. The van der Waals surface area contributed by atoms with Crippen molar-refractivity contribution in [1.82, 2.24) is 10.2 Å². The maximum absolute atomic E-state index is 12.6. The SMILES string of the molecule is CC[C@H](Oc1ccc2c(c1)CCCC2)C(=O)Nc1nnc(SC(C)C)s1. The lowest BCUT2D eigenvalue weighted by Crippen LogP contribution is -2.32. The second-order valence-electron chi connectivity index (χ2n) is 6.68. The molecular formula is C19H25N3O2S2. The highest BCUT2D eigenvalue weighted by atomic mass is 32.2. The first kappa shape index (κ1) is 19.2. The fraction of sp³-hybridized carbons (Fsp3) is 0.526. The Morgan fingerprint density at radius 2 is 2.04 bits per heavy atom. The quantitative estimate of drug-likeness (QED) is 0.547. The number of fused-ring (bicyclic) bond motifs is 1. The van der Waals surface area contributed by atoms with Crippen LogP contribution in [0.15, 0.2) is 22.5 Å². The van der Waals surface area contributed by atoms with Crippen molar-refractivity contribution in [3.05, 3.63) is 29.3 Å². The predicted octanol–water partition coefficient (Wildman–Crippen LogP) is 4.71. The molecule has 1 aliphatic rings. The summed E-state index contributed by atoms with van der Waals surface area (Å²) in [5.41, 5.74) is 2.76. The van der Waals surface area contributed by atoms with Crippen LogP contribution in [0.1, 0.15) is 51.2 Å². The van der Waals surface area contributed by atoms with Gasteiger partial charge in [-0.1, -0.05) is 49.9 Å². The number of amides is 1. The van der Waals surface area contributed by atoms with Gasteiger partial charge in [0.1, 0.15) is 5.75 Å². The molecule has 2 aromatic rings. The summed E-state index contributed by atoms with van der Waals surface area (Å²) in [4.78, 5) is 12.6. The summed E-state index contributed by atoms with van der Waals surface area (Å²) in [5, 5.41) is 11.9. The lowest BCUT2D eigenvalue weighted by atomic mass is 9.92. The second-order valence-corrected chi connectivity index (χ2v) is 9.48. The number of nitrogens with one attached hydrogen (secondary N) is 1. The van der Waals surface area contributed by atoms with Gasteiger partial charge in [-0.2, -0.15) is 0 Å². The van der Waals surface area contributed by atoms with Gasteiger partial charge in [0.2, 0.25) is 5.13 Å². The van der Waals surface area contributed by atoms with Gasteiger partial charge in [-0.3, -0.25) is 10.1 Å². The van der Waals surface area contributed by atoms with Gasteiger partial charge in [0.15, 0.2) is 10.4 Å². The molecule has 1 aromatic carbocycles. The van der Waals surface area contributed by atoms with Gasteiger partial charge < -0.3 is 4.74 Å². The van der Waals surface area contributed by atoms with Crippen LogP contribution < -0.4 is 10.1 Å². The molecule has 0 aliphatic heterocycles. The van der Waals surface area contributed by atoms with E-state index < -0.39 is 6.10 Å². The van der Waals surface area contributed by atoms with Crippen molar-refractivity contribution in [2.24, 2.45) is 0 Å². The largest absolute Gasteiger partial charge is 0.481 e. The van der Waals surface area contributed by atoms with E-state index in [1.54, 1.807) is 11.8 Å². The second kappa shape index (κ2) is 8.86. The molecule has 0 saturated carbocycles. The number of hydrogen-bond acceptors (Lipinski definition) is 6. The van der Waals surface area contributed by atoms with Crippen molar-refractivity contribution in [2.45, 2.75) is 68.6 Å². The Hall–Kier alpha value is -1.60. The predicted molar refractivity (Wildman–Crippen MR) is 107 cm³/mol. The van der Waals surface area contributed by atoms with Gasteiger partial charge in [-0.15, -0.1) is 10.2 Å². The van der Waals surface area contributed by atoms with Crippen molar-refractivity contribution >= 4 is 34.1 Å². The van der Waals surface area contributed by atoms with Crippen molar-refractivity contribution in [2.75, 3.05) is 5.32 Å². The van der Waals surface area contributed by atoms with Crippen LogP contribution in [0.4, 0.5) is 5.13 Å². The van der Waals surface area contributed by atoms with E-state index in [1.165, 1.54) is 35.3 Å². The smallest absolute Gasteiger partial charge is 0.267 e. The fourth-order valence-electron chi connectivity index (χ4n) is 2.97. The first-order valence-corrected chi connectivity index (χ1v) is 10.8. The zero-order valence-corrected chi connectivity index (χ0v) is 17.1. The van der Waals surface area contributed by atoms with E-state index in [1.807, 2.05) is 13.0 Å². The van der Waals surface area contributed by atoms with Gasteiger partial charge in [0, 0.05) is 5.25 Å². The fourth-order valence-corrected chi connectivity index (χ4v) is 4.94. The van der Waals surface area contributed by atoms with E-state index >= 15 is 0 Å². The lowest BCUT2D eigenvalue weighted by Gasteiger charge is -2.20. The number of nitrogens with zero attached hydrogens (tertiary/aromatic N) is 2. The van der Waals surface area contributed by atoms with Crippen molar-refractivity contribution in [3.63, 3.8) is 0 Å². The third-order valence-electron chi connectivity index (χ3n) is 4.23. The molecule has 1 amide bonds. The maximum atomic E-state index is 12.6. The number of benzene rings is 1. The number of hydrogen-bond donors (Lipinski definition) is 1. The van der Waals surface area contributed by atoms with E-state index in [2.05, 4.69) is 41.5 Å². The average molecular weight is 392 g/mol. The summed E-state index contributed by atoms with van der Waals surface area (Å²) in [6.07, 6.45) is 4.77. The summed E-state index contributed by atoms with van der Waals surface area (Å²) >= 11 is 3.03. The Kier molecular flexibility index (Phi) is 6.53. The Balaban J connectivity index is 1.62. The summed E-state index contributed by atoms with van der Waals surface area (Å²) in [5.74, 6) is 0.587. The molecule has 5 nitrogen and oxygen atoms in total.